The summed E-state index contributed by atoms with van der Waals surface area (Å²) in [5.41, 5.74) is 0.968. The van der Waals surface area contributed by atoms with Crippen LogP contribution in [0.4, 0.5) is 5.69 Å². The Morgan fingerprint density at radius 1 is 1.00 bits per heavy atom. The van der Waals surface area contributed by atoms with Crippen LogP contribution in [0.15, 0.2) is 53.4 Å². The van der Waals surface area contributed by atoms with Crippen LogP contribution in [0.2, 0.25) is 0 Å². The van der Waals surface area contributed by atoms with E-state index < -0.39 is 21.9 Å². The zero-order valence-electron chi connectivity index (χ0n) is 14.4. The number of nitrogens with one attached hydrogen (secondary N) is 1. The SMILES string of the molecule is COC(=O)c1cccc(NC(=O)c2ccc(S(=O)(=O)N(C)OC)cc2)c1. The molecule has 0 spiro atoms. The van der Waals surface area contributed by atoms with Crippen molar-refractivity contribution in [3.8, 4) is 0 Å². The molecule has 2 aromatic carbocycles. The lowest BCUT2D eigenvalue weighted by molar-refractivity contribution is -0.0258. The van der Waals surface area contributed by atoms with Crippen LogP contribution < -0.4 is 5.32 Å². The van der Waals surface area contributed by atoms with Gasteiger partial charge in [-0.05, 0) is 42.5 Å². The van der Waals surface area contributed by atoms with E-state index in [0.29, 0.717) is 11.3 Å². The standard InChI is InChI=1S/C17H18N2O6S/c1-19(25-3)26(22,23)15-9-7-12(8-10-15)16(20)18-14-6-4-5-13(11-14)17(21)24-2/h4-11H,1-3H3,(H,18,20). The number of ether oxygens (including phenoxy) is 1. The molecule has 1 amide bonds. The van der Waals surface area contributed by atoms with E-state index in [1.807, 2.05) is 0 Å². The second-order valence-electron chi connectivity index (χ2n) is 5.15. The average molecular weight is 378 g/mol. The van der Waals surface area contributed by atoms with Gasteiger partial charge < -0.3 is 10.1 Å². The topological polar surface area (TPSA) is 102 Å². The molecule has 138 valence electrons. The van der Waals surface area contributed by atoms with E-state index in [0.717, 1.165) is 4.47 Å². The van der Waals surface area contributed by atoms with Gasteiger partial charge in [-0.15, -0.1) is 0 Å². The van der Waals surface area contributed by atoms with Gasteiger partial charge in [0.2, 0.25) is 0 Å². The maximum absolute atomic E-state index is 12.3. The summed E-state index contributed by atoms with van der Waals surface area (Å²) in [5.74, 6) is -0.964. The van der Waals surface area contributed by atoms with E-state index in [2.05, 4.69) is 10.1 Å². The number of sulfonamides is 1. The Balaban J connectivity index is 2.17. The second kappa shape index (κ2) is 8.09. The fourth-order valence-electron chi connectivity index (χ4n) is 2.07. The molecule has 0 radical (unpaired) electrons. The molecule has 1 N–H and O–H groups in total. The number of rotatable bonds is 6. The van der Waals surface area contributed by atoms with Crippen molar-refractivity contribution in [2.75, 3.05) is 26.6 Å². The Morgan fingerprint density at radius 2 is 1.65 bits per heavy atom. The van der Waals surface area contributed by atoms with Crippen LogP contribution >= 0.6 is 0 Å². The maximum Gasteiger partial charge on any atom is 0.337 e. The summed E-state index contributed by atoms with van der Waals surface area (Å²) in [6, 6.07) is 11.7. The first-order valence-corrected chi connectivity index (χ1v) is 8.86. The minimum absolute atomic E-state index is 0.00825. The molecule has 0 saturated carbocycles. The number of methoxy groups -OCH3 is 1. The Kier molecular flexibility index (Phi) is 6.09. The van der Waals surface area contributed by atoms with Crippen LogP contribution in [0.3, 0.4) is 0 Å². The van der Waals surface area contributed by atoms with Crippen molar-refractivity contribution in [3.05, 3.63) is 59.7 Å². The van der Waals surface area contributed by atoms with Gasteiger partial charge in [0.15, 0.2) is 0 Å². The molecular weight excluding hydrogens is 360 g/mol. The molecule has 2 aromatic rings. The molecule has 0 aliphatic heterocycles. The molecular formula is C17H18N2O6S. The van der Waals surface area contributed by atoms with Crippen LogP contribution in [0.5, 0.6) is 0 Å². The highest BCUT2D eigenvalue weighted by Gasteiger charge is 2.21. The smallest absolute Gasteiger partial charge is 0.337 e. The summed E-state index contributed by atoms with van der Waals surface area (Å²) in [6.45, 7) is 0. The van der Waals surface area contributed by atoms with Gasteiger partial charge in [-0.2, -0.15) is 0 Å². The van der Waals surface area contributed by atoms with Crippen molar-refractivity contribution in [3.63, 3.8) is 0 Å². The van der Waals surface area contributed by atoms with E-state index in [9.17, 15) is 18.0 Å². The van der Waals surface area contributed by atoms with Gasteiger partial charge in [-0.3, -0.25) is 9.63 Å². The molecule has 2 rings (SSSR count). The molecule has 0 aromatic heterocycles. The Bertz CT molecular complexity index is 909. The number of amides is 1. The zero-order valence-corrected chi connectivity index (χ0v) is 15.2. The van der Waals surface area contributed by atoms with Crippen LogP contribution in [0.25, 0.3) is 0 Å². The summed E-state index contributed by atoms with van der Waals surface area (Å²) < 4.78 is 29.6. The first-order chi connectivity index (χ1) is 12.3. The third kappa shape index (κ3) is 4.26. The molecule has 0 aliphatic rings. The number of hydrogen-bond acceptors (Lipinski definition) is 6. The molecule has 0 bridgehead atoms. The van der Waals surface area contributed by atoms with Crippen LogP contribution in [0.1, 0.15) is 20.7 Å². The molecule has 0 atom stereocenters. The molecule has 9 heteroatoms. The lowest BCUT2D eigenvalue weighted by Gasteiger charge is -2.14. The molecule has 0 fully saturated rings. The molecule has 0 heterocycles. The van der Waals surface area contributed by atoms with Crippen molar-refractivity contribution < 1.29 is 27.6 Å². The monoisotopic (exact) mass is 378 g/mol. The summed E-state index contributed by atoms with van der Waals surface area (Å²) in [7, 11) is -0.00638. The van der Waals surface area contributed by atoms with Crippen LogP contribution in [-0.2, 0) is 19.6 Å². The highest BCUT2D eigenvalue weighted by Crippen LogP contribution is 2.17. The Labute approximate surface area is 151 Å². The van der Waals surface area contributed by atoms with Crippen molar-refractivity contribution in [2.45, 2.75) is 4.90 Å². The number of carbonyl (C=O) groups excluding carboxylic acids is 2. The van der Waals surface area contributed by atoms with E-state index in [4.69, 9.17) is 4.84 Å². The highest BCUT2D eigenvalue weighted by atomic mass is 32.2. The zero-order chi connectivity index (χ0) is 19.3. The Morgan fingerprint density at radius 3 is 2.23 bits per heavy atom. The highest BCUT2D eigenvalue weighted by molar-refractivity contribution is 7.89. The lowest BCUT2D eigenvalue weighted by Crippen LogP contribution is -2.25. The van der Waals surface area contributed by atoms with Crippen molar-refractivity contribution >= 4 is 27.6 Å². The number of carbonyl (C=O) groups is 2. The predicted molar refractivity (Wildman–Crippen MR) is 94.1 cm³/mol. The second-order valence-corrected chi connectivity index (χ2v) is 7.08. The number of nitrogens with zero attached hydrogens (tertiary/aromatic N) is 1. The van der Waals surface area contributed by atoms with Gasteiger partial charge in [0.05, 0.1) is 24.7 Å². The van der Waals surface area contributed by atoms with Crippen molar-refractivity contribution in [1.29, 1.82) is 0 Å². The van der Waals surface area contributed by atoms with Gasteiger partial charge >= 0.3 is 5.97 Å². The summed E-state index contributed by atoms with van der Waals surface area (Å²) in [4.78, 5) is 28.5. The number of esters is 1. The third-order valence-electron chi connectivity index (χ3n) is 3.55. The largest absolute Gasteiger partial charge is 0.465 e. The van der Waals surface area contributed by atoms with Gasteiger partial charge in [0, 0.05) is 18.3 Å². The molecule has 0 aliphatic carbocycles. The first-order valence-electron chi connectivity index (χ1n) is 7.42. The van der Waals surface area contributed by atoms with Gasteiger partial charge in [0.1, 0.15) is 0 Å². The summed E-state index contributed by atoms with van der Waals surface area (Å²) in [5, 5.41) is 2.64. The fourth-order valence-corrected chi connectivity index (χ4v) is 3.04. The van der Waals surface area contributed by atoms with Gasteiger partial charge in [0.25, 0.3) is 15.9 Å². The van der Waals surface area contributed by atoms with Gasteiger partial charge in [-0.25, -0.2) is 13.2 Å². The van der Waals surface area contributed by atoms with Crippen molar-refractivity contribution in [2.24, 2.45) is 0 Å². The van der Waals surface area contributed by atoms with Crippen LogP contribution in [-0.4, -0.2) is 46.0 Å². The molecule has 0 saturated heterocycles. The fraction of sp³-hybridized carbons (Fsp3) is 0.176. The minimum atomic E-state index is -3.78. The number of hydrogen-bond donors (Lipinski definition) is 1. The summed E-state index contributed by atoms with van der Waals surface area (Å²) in [6.07, 6.45) is 0. The van der Waals surface area contributed by atoms with E-state index in [-0.39, 0.29) is 10.5 Å². The average Bonchev–Trinajstić information content (AvgIpc) is 2.66. The molecule has 8 nitrogen and oxygen atoms in total. The van der Waals surface area contributed by atoms with E-state index in [1.165, 1.54) is 51.6 Å². The molecule has 26 heavy (non-hydrogen) atoms. The van der Waals surface area contributed by atoms with E-state index in [1.54, 1.807) is 18.2 Å². The predicted octanol–water partition coefficient (Wildman–Crippen LogP) is 1.91. The number of anilines is 1. The first kappa shape index (κ1) is 19.6. The number of benzene rings is 2. The normalized spacial score (nSPS) is 11.2. The van der Waals surface area contributed by atoms with Gasteiger partial charge in [-0.1, -0.05) is 10.5 Å². The number of hydroxylamine groups is 1. The van der Waals surface area contributed by atoms with Crippen LogP contribution in [0, 0.1) is 0 Å². The summed E-state index contributed by atoms with van der Waals surface area (Å²) >= 11 is 0. The van der Waals surface area contributed by atoms with Crippen molar-refractivity contribution in [1.82, 2.24) is 4.47 Å². The van der Waals surface area contributed by atoms with E-state index >= 15 is 0 Å². The maximum atomic E-state index is 12.3. The Hall–Kier alpha value is -2.75. The lowest BCUT2D eigenvalue weighted by atomic mass is 10.1. The molecule has 0 unspecified atom stereocenters. The minimum Gasteiger partial charge on any atom is -0.465 e. The quantitative estimate of drug-likeness (QED) is 0.608. The third-order valence-corrected chi connectivity index (χ3v) is 5.25.